The SMILES string of the molecule is COC(=O)c1c(-c2ccccc2Oc2ccc(F)cc2)nn(-c2ccccc2)c1C(=O)OC. The number of halogens is 1. The van der Waals surface area contributed by atoms with E-state index in [0.29, 0.717) is 22.7 Å². The molecule has 0 atom stereocenters. The van der Waals surface area contributed by atoms with E-state index in [9.17, 15) is 14.0 Å². The zero-order chi connectivity index (χ0) is 23.4. The van der Waals surface area contributed by atoms with Gasteiger partial charge >= 0.3 is 11.9 Å². The minimum Gasteiger partial charge on any atom is -0.465 e. The van der Waals surface area contributed by atoms with Crippen LogP contribution in [0.2, 0.25) is 0 Å². The predicted octanol–water partition coefficient (Wildman–Crippen LogP) is 5.04. The molecule has 1 heterocycles. The van der Waals surface area contributed by atoms with Gasteiger partial charge < -0.3 is 14.2 Å². The van der Waals surface area contributed by atoms with Gasteiger partial charge in [-0.05, 0) is 48.5 Å². The van der Waals surface area contributed by atoms with E-state index in [-0.39, 0.29) is 17.0 Å². The average molecular weight is 446 g/mol. The molecule has 33 heavy (non-hydrogen) atoms. The van der Waals surface area contributed by atoms with E-state index >= 15 is 0 Å². The van der Waals surface area contributed by atoms with Gasteiger partial charge in [0.2, 0.25) is 0 Å². The van der Waals surface area contributed by atoms with Crippen LogP contribution < -0.4 is 4.74 Å². The van der Waals surface area contributed by atoms with Crippen LogP contribution in [0.25, 0.3) is 16.9 Å². The van der Waals surface area contributed by atoms with Crippen LogP contribution in [-0.4, -0.2) is 35.9 Å². The third-order valence-electron chi connectivity index (χ3n) is 4.84. The molecule has 0 unspecified atom stereocenters. The fourth-order valence-corrected chi connectivity index (χ4v) is 3.32. The summed E-state index contributed by atoms with van der Waals surface area (Å²) in [5.74, 6) is -1.17. The van der Waals surface area contributed by atoms with Crippen molar-refractivity contribution >= 4 is 11.9 Å². The smallest absolute Gasteiger partial charge is 0.357 e. The van der Waals surface area contributed by atoms with Crippen LogP contribution in [0.15, 0.2) is 78.9 Å². The molecule has 8 heteroatoms. The van der Waals surface area contributed by atoms with Crippen molar-refractivity contribution in [2.24, 2.45) is 0 Å². The number of rotatable bonds is 6. The summed E-state index contributed by atoms with van der Waals surface area (Å²) in [6, 6.07) is 21.2. The van der Waals surface area contributed by atoms with Gasteiger partial charge in [0.05, 0.1) is 19.9 Å². The van der Waals surface area contributed by atoms with E-state index in [4.69, 9.17) is 14.2 Å². The molecule has 0 amide bonds. The fourth-order valence-electron chi connectivity index (χ4n) is 3.32. The topological polar surface area (TPSA) is 79.7 Å². The van der Waals surface area contributed by atoms with Gasteiger partial charge in [0.15, 0.2) is 5.69 Å². The second kappa shape index (κ2) is 9.35. The van der Waals surface area contributed by atoms with Crippen molar-refractivity contribution < 1.29 is 28.2 Å². The van der Waals surface area contributed by atoms with Gasteiger partial charge in [-0.2, -0.15) is 5.10 Å². The van der Waals surface area contributed by atoms with Crippen molar-refractivity contribution in [2.45, 2.75) is 0 Å². The van der Waals surface area contributed by atoms with Gasteiger partial charge in [-0.3, -0.25) is 0 Å². The van der Waals surface area contributed by atoms with Crippen LogP contribution in [0, 0.1) is 5.82 Å². The molecule has 0 saturated heterocycles. The Morgan fingerprint density at radius 1 is 0.818 bits per heavy atom. The van der Waals surface area contributed by atoms with Crippen LogP contribution in [-0.2, 0) is 9.47 Å². The summed E-state index contributed by atoms with van der Waals surface area (Å²) in [7, 11) is 2.44. The lowest BCUT2D eigenvalue weighted by atomic mass is 10.0. The van der Waals surface area contributed by atoms with Crippen LogP contribution in [0.1, 0.15) is 20.8 Å². The van der Waals surface area contributed by atoms with Gasteiger partial charge in [-0.15, -0.1) is 0 Å². The molecule has 0 N–H and O–H groups in total. The van der Waals surface area contributed by atoms with Crippen molar-refractivity contribution in [1.82, 2.24) is 9.78 Å². The number of carbonyl (C=O) groups excluding carboxylic acids is 2. The molecule has 0 aliphatic carbocycles. The highest BCUT2D eigenvalue weighted by atomic mass is 19.1. The van der Waals surface area contributed by atoms with Crippen LogP contribution >= 0.6 is 0 Å². The lowest BCUT2D eigenvalue weighted by molar-refractivity contribution is 0.0549. The van der Waals surface area contributed by atoms with E-state index < -0.39 is 17.8 Å². The maximum Gasteiger partial charge on any atom is 0.357 e. The van der Waals surface area contributed by atoms with E-state index in [1.807, 2.05) is 6.07 Å². The predicted molar refractivity (Wildman–Crippen MR) is 118 cm³/mol. The lowest BCUT2D eigenvalue weighted by Crippen LogP contribution is -2.15. The van der Waals surface area contributed by atoms with Crippen molar-refractivity contribution in [3.63, 3.8) is 0 Å². The maximum atomic E-state index is 13.3. The highest BCUT2D eigenvalue weighted by molar-refractivity contribution is 6.07. The summed E-state index contributed by atoms with van der Waals surface area (Å²) < 4.78 is 30.5. The lowest BCUT2D eigenvalue weighted by Gasteiger charge is -2.11. The molecular formula is C25H19FN2O5. The number of methoxy groups -OCH3 is 2. The molecule has 0 fully saturated rings. The molecule has 0 aliphatic rings. The Balaban J connectivity index is 1.95. The first-order chi connectivity index (χ1) is 16.0. The largest absolute Gasteiger partial charge is 0.465 e. The minimum atomic E-state index is -0.760. The molecule has 0 radical (unpaired) electrons. The Morgan fingerprint density at radius 3 is 2.12 bits per heavy atom. The van der Waals surface area contributed by atoms with Gasteiger partial charge in [-0.1, -0.05) is 30.3 Å². The van der Waals surface area contributed by atoms with Gasteiger partial charge in [-0.25, -0.2) is 18.7 Å². The third kappa shape index (κ3) is 4.31. The Hall–Kier alpha value is -4.46. The molecule has 166 valence electrons. The maximum absolute atomic E-state index is 13.3. The molecule has 4 aromatic rings. The zero-order valence-electron chi connectivity index (χ0n) is 17.8. The Morgan fingerprint density at radius 2 is 1.45 bits per heavy atom. The van der Waals surface area contributed by atoms with Crippen LogP contribution in [0.3, 0.4) is 0 Å². The van der Waals surface area contributed by atoms with Crippen LogP contribution in [0.4, 0.5) is 4.39 Å². The molecule has 3 aromatic carbocycles. The Labute approximate surface area is 188 Å². The number of hydrogen-bond donors (Lipinski definition) is 0. The number of carbonyl (C=O) groups is 2. The summed E-state index contributed by atoms with van der Waals surface area (Å²) in [6.45, 7) is 0. The molecule has 1 aromatic heterocycles. The molecule has 0 saturated carbocycles. The standard InChI is InChI=1S/C25H19FN2O5/c1-31-24(29)21-22(27-28(23(21)25(30)32-2)17-8-4-3-5-9-17)19-10-6-7-11-20(19)33-18-14-12-16(26)13-15-18/h3-15H,1-2H3. The second-order valence-electron chi connectivity index (χ2n) is 6.85. The summed E-state index contributed by atoms with van der Waals surface area (Å²) in [4.78, 5) is 25.6. The summed E-state index contributed by atoms with van der Waals surface area (Å²) in [6.07, 6.45) is 0. The number of nitrogens with zero attached hydrogens (tertiary/aromatic N) is 2. The third-order valence-corrected chi connectivity index (χ3v) is 4.84. The van der Waals surface area contributed by atoms with E-state index in [0.717, 1.165) is 0 Å². The number of esters is 2. The summed E-state index contributed by atoms with van der Waals surface area (Å²) >= 11 is 0. The first-order valence-corrected chi connectivity index (χ1v) is 9.91. The number of para-hydroxylation sites is 2. The first-order valence-electron chi connectivity index (χ1n) is 9.91. The molecule has 0 aliphatic heterocycles. The van der Waals surface area contributed by atoms with E-state index in [1.165, 1.54) is 43.2 Å². The van der Waals surface area contributed by atoms with Gasteiger partial charge in [0, 0.05) is 5.56 Å². The molecule has 0 spiro atoms. The van der Waals surface area contributed by atoms with E-state index in [1.54, 1.807) is 48.5 Å². The van der Waals surface area contributed by atoms with Gasteiger partial charge in [0.1, 0.15) is 28.6 Å². The summed E-state index contributed by atoms with van der Waals surface area (Å²) in [5.41, 5.74) is 1.00. The molecular weight excluding hydrogens is 427 g/mol. The fraction of sp³-hybridized carbons (Fsp3) is 0.0800. The molecule has 7 nitrogen and oxygen atoms in total. The Bertz CT molecular complexity index is 1300. The Kier molecular flexibility index (Phi) is 6.17. The zero-order valence-corrected chi connectivity index (χ0v) is 17.8. The van der Waals surface area contributed by atoms with Crippen molar-refractivity contribution in [1.29, 1.82) is 0 Å². The monoisotopic (exact) mass is 446 g/mol. The highest BCUT2D eigenvalue weighted by Gasteiger charge is 2.32. The van der Waals surface area contributed by atoms with Gasteiger partial charge in [0.25, 0.3) is 0 Å². The van der Waals surface area contributed by atoms with Crippen molar-refractivity contribution in [2.75, 3.05) is 14.2 Å². The molecule has 0 bridgehead atoms. The highest BCUT2D eigenvalue weighted by Crippen LogP contribution is 2.37. The number of ether oxygens (including phenoxy) is 3. The van der Waals surface area contributed by atoms with Crippen molar-refractivity contribution in [3.8, 4) is 28.4 Å². The quantitative estimate of drug-likeness (QED) is 0.386. The minimum absolute atomic E-state index is 0.0663. The first kappa shape index (κ1) is 21.8. The second-order valence-corrected chi connectivity index (χ2v) is 6.85. The number of benzene rings is 3. The van der Waals surface area contributed by atoms with Crippen molar-refractivity contribution in [3.05, 3.63) is 95.9 Å². The average Bonchev–Trinajstić information content (AvgIpc) is 3.26. The molecule has 4 rings (SSSR count). The number of hydrogen-bond acceptors (Lipinski definition) is 6. The van der Waals surface area contributed by atoms with Crippen LogP contribution in [0.5, 0.6) is 11.5 Å². The number of aromatic nitrogens is 2. The van der Waals surface area contributed by atoms with E-state index in [2.05, 4.69) is 5.10 Å². The summed E-state index contributed by atoms with van der Waals surface area (Å²) in [5, 5.41) is 4.58. The normalized spacial score (nSPS) is 10.5.